The number of aromatic nitrogens is 1. The number of fused-ring (bicyclic) bond motifs is 2. The van der Waals surface area contributed by atoms with Crippen molar-refractivity contribution in [1.29, 1.82) is 0 Å². The van der Waals surface area contributed by atoms with Crippen molar-refractivity contribution in [2.45, 2.75) is 24.7 Å². The molecule has 0 aromatic carbocycles. The number of rotatable bonds is 0. The molecular weight excluding hydrogens is 380 g/mol. The summed E-state index contributed by atoms with van der Waals surface area (Å²) in [6, 6.07) is 1.56. The van der Waals surface area contributed by atoms with Crippen molar-refractivity contribution < 1.29 is 9.59 Å². The summed E-state index contributed by atoms with van der Waals surface area (Å²) < 4.78 is 3.44. The molecule has 2 fully saturated rings. The lowest BCUT2D eigenvalue weighted by Crippen LogP contribution is -2.62. The lowest BCUT2D eigenvalue weighted by molar-refractivity contribution is 0.0308. The zero-order valence-corrected chi connectivity index (χ0v) is 12.9. The predicted octanol–water partition coefficient (Wildman–Crippen LogP) is 1.77. The van der Waals surface area contributed by atoms with Crippen LogP contribution in [0.4, 0.5) is 4.79 Å². The molecule has 4 heterocycles. The minimum atomic E-state index is -0.623. The third-order valence-electron chi connectivity index (χ3n) is 4.13. The first-order valence-corrected chi connectivity index (χ1v) is 7.60. The smallest absolute Gasteiger partial charge is 0.313 e. The van der Waals surface area contributed by atoms with Gasteiger partial charge in [0.05, 0.1) is 4.47 Å². The van der Waals surface area contributed by atoms with E-state index in [2.05, 4.69) is 42.5 Å². The Balaban J connectivity index is 2.00. The van der Waals surface area contributed by atoms with Gasteiger partial charge in [-0.1, -0.05) is 0 Å². The van der Waals surface area contributed by atoms with Crippen molar-refractivity contribution in [1.82, 2.24) is 20.1 Å². The van der Waals surface area contributed by atoms with Crippen molar-refractivity contribution >= 4 is 43.8 Å². The monoisotopic (exact) mass is 388 g/mol. The van der Waals surface area contributed by atoms with E-state index in [0.29, 0.717) is 12.2 Å². The highest BCUT2D eigenvalue weighted by Gasteiger charge is 2.60. The van der Waals surface area contributed by atoms with Crippen LogP contribution in [0, 0.1) is 0 Å². The third kappa shape index (κ3) is 1.26. The maximum atomic E-state index is 12.6. The van der Waals surface area contributed by atoms with Gasteiger partial charge in [0.15, 0.2) is 11.8 Å². The molecule has 6 nitrogen and oxygen atoms in total. The molecule has 1 spiro atoms. The highest BCUT2D eigenvalue weighted by Crippen LogP contribution is 2.46. The van der Waals surface area contributed by atoms with Crippen molar-refractivity contribution in [2.24, 2.45) is 0 Å². The summed E-state index contributed by atoms with van der Waals surface area (Å²) in [6.07, 6.45) is 1.40. The molecule has 19 heavy (non-hydrogen) atoms. The lowest BCUT2D eigenvalue weighted by atomic mass is 10.0. The van der Waals surface area contributed by atoms with Gasteiger partial charge in [0, 0.05) is 6.54 Å². The Bertz CT molecular complexity index is 628. The van der Waals surface area contributed by atoms with Gasteiger partial charge in [-0.3, -0.25) is 4.79 Å². The summed E-state index contributed by atoms with van der Waals surface area (Å²) >= 11 is 6.90. The second kappa shape index (κ2) is 3.54. The molecule has 1 aromatic rings. The molecular formula is C11H10Br2N4O2. The van der Waals surface area contributed by atoms with Crippen LogP contribution >= 0.6 is 31.9 Å². The van der Waals surface area contributed by atoms with Crippen LogP contribution in [-0.2, 0) is 0 Å². The SMILES string of the molecule is O=C1N[C@H]2n3c(cc(Br)c3Br)C(=O)N3CCCC23N1. The number of amides is 3. The molecule has 0 aliphatic carbocycles. The van der Waals surface area contributed by atoms with Gasteiger partial charge < -0.3 is 20.1 Å². The number of hydrogen-bond donors (Lipinski definition) is 2. The first kappa shape index (κ1) is 11.8. The van der Waals surface area contributed by atoms with Gasteiger partial charge >= 0.3 is 6.03 Å². The number of carbonyl (C=O) groups excluding carboxylic acids is 2. The molecule has 2 atom stereocenters. The van der Waals surface area contributed by atoms with Gasteiger partial charge in [0.1, 0.15) is 10.3 Å². The Hall–Kier alpha value is -1.02. The Labute approximate surface area is 125 Å². The maximum Gasteiger partial charge on any atom is 0.318 e. The first-order valence-electron chi connectivity index (χ1n) is 6.01. The molecule has 3 aliphatic rings. The number of nitrogens with one attached hydrogen (secondary N) is 2. The minimum Gasteiger partial charge on any atom is -0.313 e. The summed E-state index contributed by atoms with van der Waals surface area (Å²) in [5, 5.41) is 5.85. The van der Waals surface area contributed by atoms with Crippen LogP contribution in [0.3, 0.4) is 0 Å². The highest BCUT2D eigenvalue weighted by molar-refractivity contribution is 9.13. The van der Waals surface area contributed by atoms with E-state index < -0.39 is 5.66 Å². The van der Waals surface area contributed by atoms with Gasteiger partial charge in [0.25, 0.3) is 5.91 Å². The van der Waals surface area contributed by atoms with Crippen LogP contribution in [0.5, 0.6) is 0 Å². The average molecular weight is 390 g/mol. The van der Waals surface area contributed by atoms with E-state index in [9.17, 15) is 9.59 Å². The number of carbonyl (C=O) groups is 2. The van der Waals surface area contributed by atoms with E-state index in [4.69, 9.17) is 0 Å². The van der Waals surface area contributed by atoms with E-state index in [-0.39, 0.29) is 18.1 Å². The molecule has 8 heteroatoms. The van der Waals surface area contributed by atoms with E-state index in [0.717, 1.165) is 21.9 Å². The van der Waals surface area contributed by atoms with E-state index in [1.807, 2.05) is 4.57 Å². The van der Waals surface area contributed by atoms with Crippen LogP contribution in [0.15, 0.2) is 15.1 Å². The maximum absolute atomic E-state index is 12.6. The van der Waals surface area contributed by atoms with Gasteiger partial charge in [-0.2, -0.15) is 0 Å². The van der Waals surface area contributed by atoms with Crippen LogP contribution in [-0.4, -0.2) is 33.6 Å². The normalized spacial score (nSPS) is 31.7. The minimum absolute atomic E-state index is 0.0378. The topological polar surface area (TPSA) is 66.4 Å². The van der Waals surface area contributed by atoms with Crippen LogP contribution in [0.1, 0.15) is 29.5 Å². The fourth-order valence-corrected chi connectivity index (χ4v) is 4.30. The number of hydrogen-bond acceptors (Lipinski definition) is 2. The molecule has 3 aliphatic heterocycles. The molecule has 0 saturated carbocycles. The van der Waals surface area contributed by atoms with Crippen LogP contribution in [0.2, 0.25) is 0 Å². The molecule has 4 rings (SSSR count). The van der Waals surface area contributed by atoms with Crippen LogP contribution < -0.4 is 10.6 Å². The van der Waals surface area contributed by atoms with Crippen molar-refractivity contribution in [3.05, 3.63) is 20.8 Å². The second-order valence-corrected chi connectivity index (χ2v) is 6.63. The largest absolute Gasteiger partial charge is 0.318 e. The number of halogens is 2. The third-order valence-corrected chi connectivity index (χ3v) is 6.07. The predicted molar refractivity (Wildman–Crippen MR) is 73.5 cm³/mol. The molecule has 3 amide bonds. The molecule has 0 radical (unpaired) electrons. The quantitative estimate of drug-likeness (QED) is 0.710. The summed E-state index contributed by atoms with van der Waals surface area (Å²) in [7, 11) is 0. The molecule has 2 N–H and O–H groups in total. The Morgan fingerprint density at radius 2 is 2.16 bits per heavy atom. The van der Waals surface area contributed by atoms with Gasteiger partial charge in [-0.15, -0.1) is 0 Å². The fraction of sp³-hybridized carbons (Fsp3) is 0.455. The van der Waals surface area contributed by atoms with Crippen LogP contribution in [0.25, 0.3) is 0 Å². The number of nitrogens with zero attached hydrogens (tertiary/aromatic N) is 2. The highest BCUT2D eigenvalue weighted by atomic mass is 79.9. The molecule has 100 valence electrons. The first-order chi connectivity index (χ1) is 9.04. The fourth-order valence-electron chi connectivity index (χ4n) is 3.39. The average Bonchev–Trinajstić information content (AvgIpc) is 2.99. The van der Waals surface area contributed by atoms with Crippen molar-refractivity contribution in [2.75, 3.05) is 6.54 Å². The van der Waals surface area contributed by atoms with Gasteiger partial charge in [-0.05, 0) is 50.8 Å². The van der Waals surface area contributed by atoms with E-state index >= 15 is 0 Å². The summed E-state index contributed by atoms with van der Waals surface area (Å²) in [5.41, 5.74) is -0.0347. The van der Waals surface area contributed by atoms with Gasteiger partial charge in [0.2, 0.25) is 0 Å². The summed E-state index contributed by atoms with van der Waals surface area (Å²) in [4.78, 5) is 26.2. The molecule has 1 aromatic heterocycles. The van der Waals surface area contributed by atoms with E-state index in [1.54, 1.807) is 11.0 Å². The number of urea groups is 1. The van der Waals surface area contributed by atoms with E-state index in [1.165, 1.54) is 0 Å². The van der Waals surface area contributed by atoms with Gasteiger partial charge in [-0.25, -0.2) is 4.79 Å². The Kier molecular flexibility index (Phi) is 2.20. The molecule has 1 unspecified atom stereocenters. The lowest BCUT2D eigenvalue weighted by Gasteiger charge is -2.43. The summed E-state index contributed by atoms with van der Waals surface area (Å²) in [5.74, 6) is -0.0378. The second-order valence-electron chi connectivity index (χ2n) is 5.02. The standard InChI is InChI=1S/C11H10Br2N4O2/c12-5-4-6-8(18)16-3-1-2-11(16)9(14-10(19)15-11)17(6)7(5)13/h4,9H,1-3H2,(H2,14,15,19)/t9-,11?/m0/s1. The summed E-state index contributed by atoms with van der Waals surface area (Å²) in [6.45, 7) is 0.678. The van der Waals surface area contributed by atoms with Crippen molar-refractivity contribution in [3.8, 4) is 0 Å². The Morgan fingerprint density at radius 3 is 2.95 bits per heavy atom. The molecule has 2 saturated heterocycles. The zero-order valence-electron chi connectivity index (χ0n) is 9.74. The Morgan fingerprint density at radius 1 is 1.37 bits per heavy atom. The molecule has 0 bridgehead atoms. The zero-order chi connectivity index (χ0) is 13.4. The van der Waals surface area contributed by atoms with Crippen molar-refractivity contribution in [3.63, 3.8) is 0 Å².